The number of likely N-dealkylation sites (N-methyl/N-ethyl adjacent to an activating group) is 2. The maximum absolute atomic E-state index is 11.8. The summed E-state index contributed by atoms with van der Waals surface area (Å²) in [6.07, 6.45) is 0.545. The third-order valence-electron chi connectivity index (χ3n) is 5.10. The van der Waals surface area contributed by atoms with Crippen molar-refractivity contribution in [3.8, 4) is 17.0 Å². The van der Waals surface area contributed by atoms with Gasteiger partial charge in [-0.2, -0.15) is 10.2 Å². The first kappa shape index (κ1) is 21.5. The molecule has 0 radical (unpaired) electrons. The van der Waals surface area contributed by atoms with Crippen molar-refractivity contribution in [1.29, 1.82) is 0 Å². The normalized spacial score (nSPS) is 16.7. The molecule has 1 amide bonds. The zero-order valence-corrected chi connectivity index (χ0v) is 18.1. The molecular formula is C21H27ClN4O3. The molecule has 7 nitrogen and oxygen atoms in total. The van der Waals surface area contributed by atoms with Crippen LogP contribution in [0, 0.1) is 6.92 Å². The van der Waals surface area contributed by atoms with Crippen LogP contribution >= 0.6 is 11.6 Å². The SMILES string of the molecule is CCOCOc1cc(Cl)cc(C)c1-c1ccc(CN(C)[C@H]2CC(=O)N(C)C2)nn1. The lowest BCUT2D eigenvalue weighted by atomic mass is 10.0. The van der Waals surface area contributed by atoms with Gasteiger partial charge in [-0.05, 0) is 50.7 Å². The van der Waals surface area contributed by atoms with Crippen molar-refractivity contribution in [2.75, 3.05) is 34.0 Å². The molecule has 1 atom stereocenters. The van der Waals surface area contributed by atoms with Crippen LogP contribution in [0.2, 0.25) is 5.02 Å². The number of amides is 1. The first-order valence-corrected chi connectivity index (χ1v) is 10.0. The van der Waals surface area contributed by atoms with Crippen LogP contribution in [-0.2, 0) is 16.1 Å². The predicted molar refractivity (Wildman–Crippen MR) is 112 cm³/mol. The average molecular weight is 419 g/mol. The Balaban J connectivity index is 1.75. The molecule has 2 aromatic rings. The maximum Gasteiger partial charge on any atom is 0.224 e. The third-order valence-corrected chi connectivity index (χ3v) is 5.32. The number of hydrogen-bond acceptors (Lipinski definition) is 6. The highest BCUT2D eigenvalue weighted by Crippen LogP contribution is 2.35. The molecule has 0 bridgehead atoms. The summed E-state index contributed by atoms with van der Waals surface area (Å²) in [6, 6.07) is 7.73. The number of rotatable bonds is 8. The second kappa shape index (κ2) is 9.52. The van der Waals surface area contributed by atoms with E-state index in [-0.39, 0.29) is 18.7 Å². The second-order valence-electron chi connectivity index (χ2n) is 7.31. The molecule has 156 valence electrons. The van der Waals surface area contributed by atoms with Gasteiger partial charge in [-0.25, -0.2) is 0 Å². The van der Waals surface area contributed by atoms with Crippen LogP contribution < -0.4 is 4.74 Å². The lowest BCUT2D eigenvalue weighted by molar-refractivity contribution is -0.126. The average Bonchev–Trinajstić information content (AvgIpc) is 3.01. The number of ether oxygens (including phenoxy) is 2. The van der Waals surface area contributed by atoms with Crippen molar-refractivity contribution in [1.82, 2.24) is 20.0 Å². The summed E-state index contributed by atoms with van der Waals surface area (Å²) in [5, 5.41) is 9.41. The van der Waals surface area contributed by atoms with Crippen LogP contribution in [-0.4, -0.2) is 66.0 Å². The smallest absolute Gasteiger partial charge is 0.224 e. The molecule has 1 aromatic carbocycles. The van der Waals surface area contributed by atoms with Gasteiger partial charge in [0.1, 0.15) is 5.75 Å². The number of aromatic nitrogens is 2. The van der Waals surface area contributed by atoms with E-state index in [0.717, 1.165) is 23.4 Å². The number of hydrogen-bond donors (Lipinski definition) is 0. The molecule has 0 aliphatic carbocycles. The minimum absolute atomic E-state index is 0.147. The van der Waals surface area contributed by atoms with Gasteiger partial charge in [0.15, 0.2) is 6.79 Å². The lowest BCUT2D eigenvalue weighted by Crippen LogP contribution is -2.33. The Hall–Kier alpha value is -2.22. The Morgan fingerprint density at radius 2 is 2.10 bits per heavy atom. The van der Waals surface area contributed by atoms with E-state index in [2.05, 4.69) is 15.1 Å². The summed E-state index contributed by atoms with van der Waals surface area (Å²) in [7, 11) is 3.85. The maximum atomic E-state index is 11.8. The van der Waals surface area contributed by atoms with Gasteiger partial charge in [-0.1, -0.05) is 11.6 Å². The van der Waals surface area contributed by atoms with Crippen LogP contribution in [0.1, 0.15) is 24.6 Å². The lowest BCUT2D eigenvalue weighted by Gasteiger charge is -2.22. The van der Waals surface area contributed by atoms with Crippen LogP contribution in [0.3, 0.4) is 0 Å². The predicted octanol–water partition coefficient (Wildman–Crippen LogP) is 3.14. The standard InChI is InChI=1S/C21H27ClN4O3/c1-5-28-13-29-19-9-15(22)8-14(2)21(19)18-7-6-16(23-24-18)11-25(3)17-10-20(27)26(4)12-17/h6-9,17H,5,10-13H2,1-4H3/t17-/m0/s1. The molecule has 0 N–H and O–H groups in total. The van der Waals surface area contributed by atoms with Crippen LogP contribution in [0.15, 0.2) is 24.3 Å². The molecule has 1 saturated heterocycles. The molecule has 8 heteroatoms. The topological polar surface area (TPSA) is 67.8 Å². The van der Waals surface area contributed by atoms with Gasteiger partial charge in [0, 0.05) is 49.8 Å². The van der Waals surface area contributed by atoms with E-state index in [9.17, 15) is 4.79 Å². The molecule has 29 heavy (non-hydrogen) atoms. The van der Waals surface area contributed by atoms with E-state index in [0.29, 0.717) is 36.0 Å². The molecule has 1 fully saturated rings. The molecule has 1 aliphatic heterocycles. The highest BCUT2D eigenvalue weighted by atomic mass is 35.5. The van der Waals surface area contributed by atoms with Gasteiger partial charge in [0.05, 0.1) is 11.4 Å². The van der Waals surface area contributed by atoms with Crippen LogP contribution in [0.5, 0.6) is 5.75 Å². The van der Waals surface area contributed by atoms with Gasteiger partial charge < -0.3 is 14.4 Å². The number of likely N-dealkylation sites (tertiary alicyclic amines) is 1. The zero-order valence-electron chi connectivity index (χ0n) is 17.3. The first-order chi connectivity index (χ1) is 13.9. The Morgan fingerprint density at radius 3 is 2.72 bits per heavy atom. The first-order valence-electron chi connectivity index (χ1n) is 9.67. The fourth-order valence-corrected chi connectivity index (χ4v) is 3.70. The van der Waals surface area contributed by atoms with Gasteiger partial charge in [0.2, 0.25) is 5.91 Å². The second-order valence-corrected chi connectivity index (χ2v) is 7.74. The molecule has 0 saturated carbocycles. The summed E-state index contributed by atoms with van der Waals surface area (Å²) < 4.78 is 11.1. The quantitative estimate of drug-likeness (QED) is 0.484. The van der Waals surface area contributed by atoms with Crippen molar-refractivity contribution in [3.63, 3.8) is 0 Å². The number of halogens is 1. The number of carbonyl (C=O) groups is 1. The molecule has 1 aliphatic rings. The molecule has 0 spiro atoms. The van der Waals surface area contributed by atoms with E-state index in [1.807, 2.05) is 46.1 Å². The Labute approximate surface area is 176 Å². The van der Waals surface area contributed by atoms with E-state index in [1.165, 1.54) is 0 Å². The largest absolute Gasteiger partial charge is 0.467 e. The van der Waals surface area contributed by atoms with Crippen molar-refractivity contribution >= 4 is 17.5 Å². The van der Waals surface area contributed by atoms with E-state index in [4.69, 9.17) is 21.1 Å². The van der Waals surface area contributed by atoms with Crippen LogP contribution in [0.25, 0.3) is 11.3 Å². The van der Waals surface area contributed by atoms with Crippen molar-refractivity contribution in [3.05, 3.63) is 40.5 Å². The molecule has 3 rings (SSSR count). The number of aryl methyl sites for hydroxylation is 1. The number of nitrogens with zero attached hydrogens (tertiary/aromatic N) is 4. The summed E-state index contributed by atoms with van der Waals surface area (Å²) in [4.78, 5) is 15.7. The Kier molecular flexibility index (Phi) is 7.05. The number of carbonyl (C=O) groups excluding carboxylic acids is 1. The summed E-state index contributed by atoms with van der Waals surface area (Å²) in [6.45, 7) is 5.96. The molecular weight excluding hydrogens is 392 g/mol. The van der Waals surface area contributed by atoms with Gasteiger partial charge in [0.25, 0.3) is 0 Å². The summed E-state index contributed by atoms with van der Waals surface area (Å²) in [5.41, 5.74) is 3.37. The zero-order chi connectivity index (χ0) is 21.0. The molecule has 0 unspecified atom stereocenters. The Morgan fingerprint density at radius 1 is 1.31 bits per heavy atom. The molecule has 1 aromatic heterocycles. The molecule has 2 heterocycles. The fraction of sp³-hybridized carbons (Fsp3) is 0.476. The van der Waals surface area contributed by atoms with Crippen LogP contribution in [0.4, 0.5) is 0 Å². The van der Waals surface area contributed by atoms with E-state index in [1.54, 1.807) is 11.0 Å². The van der Waals surface area contributed by atoms with Gasteiger partial charge >= 0.3 is 0 Å². The van der Waals surface area contributed by atoms with Gasteiger partial charge in [-0.15, -0.1) is 0 Å². The van der Waals surface area contributed by atoms with E-state index < -0.39 is 0 Å². The highest BCUT2D eigenvalue weighted by Gasteiger charge is 2.29. The van der Waals surface area contributed by atoms with Crippen molar-refractivity contribution in [2.45, 2.75) is 32.9 Å². The fourth-order valence-electron chi connectivity index (χ4n) is 3.44. The minimum atomic E-state index is 0.147. The van der Waals surface area contributed by atoms with Crippen molar-refractivity contribution in [2.24, 2.45) is 0 Å². The third kappa shape index (κ3) is 5.23. The minimum Gasteiger partial charge on any atom is -0.467 e. The summed E-state index contributed by atoms with van der Waals surface area (Å²) >= 11 is 6.20. The van der Waals surface area contributed by atoms with Gasteiger partial charge in [-0.3, -0.25) is 9.69 Å². The van der Waals surface area contributed by atoms with Crippen molar-refractivity contribution < 1.29 is 14.3 Å². The number of benzene rings is 1. The van der Waals surface area contributed by atoms with E-state index >= 15 is 0 Å². The summed E-state index contributed by atoms with van der Waals surface area (Å²) in [5.74, 6) is 0.802. The Bertz CT molecular complexity index is 860. The highest BCUT2D eigenvalue weighted by molar-refractivity contribution is 6.31. The monoisotopic (exact) mass is 418 g/mol.